The number of fused-ring (bicyclic) bond motifs is 1. The first-order valence-electron chi connectivity index (χ1n) is 8.97. The lowest BCUT2D eigenvalue weighted by Gasteiger charge is -2.33. The van der Waals surface area contributed by atoms with E-state index in [2.05, 4.69) is 5.32 Å². The predicted molar refractivity (Wildman–Crippen MR) is 96.8 cm³/mol. The minimum Gasteiger partial charge on any atom is -0.455 e. The number of ketones is 1. The Hall–Kier alpha value is -1.62. The van der Waals surface area contributed by atoms with Crippen molar-refractivity contribution in [2.45, 2.75) is 67.4 Å². The van der Waals surface area contributed by atoms with Gasteiger partial charge in [0.2, 0.25) is 0 Å². The van der Waals surface area contributed by atoms with Crippen molar-refractivity contribution < 1.29 is 19.1 Å². The van der Waals surface area contributed by atoms with E-state index in [0.29, 0.717) is 36.3 Å². The van der Waals surface area contributed by atoms with Crippen LogP contribution >= 0.6 is 0 Å². The number of hydrogen-bond acceptors (Lipinski definition) is 4. The molecule has 0 radical (unpaired) electrons. The monoisotopic (exact) mass is 349 g/mol. The van der Waals surface area contributed by atoms with Crippen LogP contribution in [-0.4, -0.2) is 29.4 Å². The van der Waals surface area contributed by atoms with Crippen LogP contribution < -0.4 is 5.32 Å². The molecule has 1 unspecified atom stereocenters. The SMILES string of the molecule is Cc1c(C(=O)NCC(C)(C)C(O)C(C)C)oc2c1C(=O)CC(C)(C)C2. The Kier molecular flexibility index (Phi) is 5.20. The Bertz CT molecular complexity index is 682. The maximum absolute atomic E-state index is 12.6. The van der Waals surface area contributed by atoms with Crippen LogP contribution in [0.5, 0.6) is 0 Å². The molecule has 0 saturated carbocycles. The Morgan fingerprint density at radius 3 is 2.48 bits per heavy atom. The van der Waals surface area contributed by atoms with Gasteiger partial charge in [0.1, 0.15) is 5.76 Å². The van der Waals surface area contributed by atoms with Crippen molar-refractivity contribution in [2.75, 3.05) is 6.54 Å². The van der Waals surface area contributed by atoms with Gasteiger partial charge < -0.3 is 14.8 Å². The average molecular weight is 349 g/mol. The van der Waals surface area contributed by atoms with Crippen molar-refractivity contribution in [3.05, 3.63) is 22.6 Å². The van der Waals surface area contributed by atoms with Crippen LogP contribution in [0.4, 0.5) is 0 Å². The number of Topliss-reactive ketones (excluding diaryl/α,β-unsaturated/α-hetero) is 1. The molecule has 0 saturated heterocycles. The number of nitrogens with one attached hydrogen (secondary N) is 1. The first-order valence-corrected chi connectivity index (χ1v) is 8.97. The fraction of sp³-hybridized carbons (Fsp3) is 0.700. The molecule has 0 spiro atoms. The molecule has 1 amide bonds. The van der Waals surface area contributed by atoms with Crippen molar-refractivity contribution in [1.29, 1.82) is 0 Å². The third-order valence-electron chi connectivity index (χ3n) is 5.12. The van der Waals surface area contributed by atoms with Crippen LogP contribution in [0.25, 0.3) is 0 Å². The van der Waals surface area contributed by atoms with Crippen molar-refractivity contribution in [3.63, 3.8) is 0 Å². The normalized spacial score (nSPS) is 18.2. The number of amides is 1. The van der Waals surface area contributed by atoms with Gasteiger partial charge in [-0.05, 0) is 18.3 Å². The Balaban J connectivity index is 2.18. The molecule has 1 aromatic rings. The summed E-state index contributed by atoms with van der Waals surface area (Å²) in [6.45, 7) is 13.9. The lowest BCUT2D eigenvalue weighted by Crippen LogP contribution is -2.43. The number of carbonyl (C=O) groups excluding carboxylic acids is 2. The molecule has 5 heteroatoms. The molecule has 1 aromatic heterocycles. The number of hydrogen-bond donors (Lipinski definition) is 2. The smallest absolute Gasteiger partial charge is 0.287 e. The van der Waals surface area contributed by atoms with E-state index in [1.807, 2.05) is 41.5 Å². The summed E-state index contributed by atoms with van der Waals surface area (Å²) in [6, 6.07) is 0. The highest BCUT2D eigenvalue weighted by atomic mass is 16.4. The van der Waals surface area contributed by atoms with E-state index in [1.54, 1.807) is 6.92 Å². The summed E-state index contributed by atoms with van der Waals surface area (Å²) in [7, 11) is 0. The van der Waals surface area contributed by atoms with E-state index in [0.717, 1.165) is 0 Å². The number of rotatable bonds is 5. The molecule has 0 aromatic carbocycles. The van der Waals surface area contributed by atoms with Gasteiger partial charge in [-0.3, -0.25) is 9.59 Å². The molecule has 0 aliphatic heterocycles. The first kappa shape index (κ1) is 19.7. The summed E-state index contributed by atoms with van der Waals surface area (Å²) in [5.41, 5.74) is 0.592. The number of aliphatic hydroxyl groups is 1. The van der Waals surface area contributed by atoms with Crippen LogP contribution in [0.1, 0.15) is 80.2 Å². The molecular weight excluding hydrogens is 318 g/mol. The first-order chi connectivity index (χ1) is 11.4. The van der Waals surface area contributed by atoms with Crippen LogP contribution in [0.2, 0.25) is 0 Å². The topological polar surface area (TPSA) is 79.5 Å². The van der Waals surface area contributed by atoms with Crippen LogP contribution in [-0.2, 0) is 6.42 Å². The fourth-order valence-corrected chi connectivity index (χ4v) is 3.69. The van der Waals surface area contributed by atoms with Gasteiger partial charge in [0.25, 0.3) is 5.91 Å². The van der Waals surface area contributed by atoms with Gasteiger partial charge in [-0.1, -0.05) is 41.5 Å². The quantitative estimate of drug-likeness (QED) is 0.852. The van der Waals surface area contributed by atoms with E-state index in [9.17, 15) is 14.7 Å². The predicted octanol–water partition coefficient (Wildman–Crippen LogP) is 3.52. The highest BCUT2D eigenvalue weighted by Gasteiger charge is 2.37. The lowest BCUT2D eigenvalue weighted by molar-refractivity contribution is 0.0136. The Labute approximate surface area is 150 Å². The number of furan rings is 1. The summed E-state index contributed by atoms with van der Waals surface area (Å²) in [5, 5.41) is 13.2. The van der Waals surface area contributed by atoms with Gasteiger partial charge in [-0.25, -0.2) is 0 Å². The second-order valence-electron chi connectivity index (χ2n) is 9.16. The molecule has 2 rings (SSSR count). The van der Waals surface area contributed by atoms with E-state index in [4.69, 9.17) is 4.42 Å². The molecule has 2 N–H and O–H groups in total. The molecule has 1 atom stereocenters. The van der Waals surface area contributed by atoms with Crippen molar-refractivity contribution in [1.82, 2.24) is 5.32 Å². The van der Waals surface area contributed by atoms with E-state index in [1.165, 1.54) is 0 Å². The second-order valence-corrected chi connectivity index (χ2v) is 9.16. The van der Waals surface area contributed by atoms with Crippen LogP contribution in [0.3, 0.4) is 0 Å². The van der Waals surface area contributed by atoms with Crippen molar-refractivity contribution in [3.8, 4) is 0 Å². The van der Waals surface area contributed by atoms with Crippen LogP contribution in [0.15, 0.2) is 4.42 Å². The van der Waals surface area contributed by atoms with Gasteiger partial charge in [-0.2, -0.15) is 0 Å². The zero-order valence-corrected chi connectivity index (χ0v) is 16.4. The average Bonchev–Trinajstić information content (AvgIpc) is 2.79. The molecule has 0 bridgehead atoms. The highest BCUT2D eigenvalue weighted by Crippen LogP contribution is 2.38. The summed E-state index contributed by atoms with van der Waals surface area (Å²) < 4.78 is 5.78. The van der Waals surface area contributed by atoms with Gasteiger partial charge in [0.15, 0.2) is 11.5 Å². The third kappa shape index (κ3) is 3.97. The van der Waals surface area contributed by atoms with E-state index >= 15 is 0 Å². The largest absolute Gasteiger partial charge is 0.455 e. The van der Waals surface area contributed by atoms with Gasteiger partial charge >= 0.3 is 0 Å². The second kappa shape index (κ2) is 6.60. The van der Waals surface area contributed by atoms with Crippen molar-refractivity contribution in [2.24, 2.45) is 16.7 Å². The molecule has 140 valence electrons. The molecule has 1 heterocycles. The standard InChI is InChI=1S/C20H31NO4/c1-11(2)17(23)20(6,7)10-21-18(24)16-12(3)15-13(22)8-19(4,5)9-14(15)25-16/h11,17,23H,8-10H2,1-7H3,(H,21,24). The maximum Gasteiger partial charge on any atom is 0.287 e. The number of aliphatic hydroxyl groups excluding tert-OH is 1. The summed E-state index contributed by atoms with van der Waals surface area (Å²) in [5.74, 6) is 0.643. The highest BCUT2D eigenvalue weighted by molar-refractivity contribution is 6.03. The van der Waals surface area contributed by atoms with E-state index in [-0.39, 0.29) is 28.8 Å². The third-order valence-corrected chi connectivity index (χ3v) is 5.12. The molecule has 1 aliphatic rings. The van der Waals surface area contributed by atoms with E-state index < -0.39 is 11.5 Å². The minimum absolute atomic E-state index is 0.0436. The number of carbonyl (C=O) groups is 2. The van der Waals surface area contributed by atoms with Gasteiger partial charge in [0, 0.05) is 30.4 Å². The van der Waals surface area contributed by atoms with Crippen LogP contribution in [0, 0.1) is 23.7 Å². The summed E-state index contributed by atoms with van der Waals surface area (Å²) in [4.78, 5) is 25.0. The molecule has 5 nitrogen and oxygen atoms in total. The Morgan fingerprint density at radius 1 is 1.32 bits per heavy atom. The zero-order chi connectivity index (χ0) is 19.2. The molecule has 1 aliphatic carbocycles. The van der Waals surface area contributed by atoms with Gasteiger partial charge in [0.05, 0.1) is 11.7 Å². The Morgan fingerprint density at radius 2 is 1.92 bits per heavy atom. The van der Waals surface area contributed by atoms with Crippen molar-refractivity contribution >= 4 is 11.7 Å². The zero-order valence-electron chi connectivity index (χ0n) is 16.4. The molecule has 0 fully saturated rings. The molecular formula is C20H31NO4. The summed E-state index contributed by atoms with van der Waals surface area (Å²) in [6.07, 6.45) is 0.593. The van der Waals surface area contributed by atoms with Gasteiger partial charge in [-0.15, -0.1) is 0 Å². The fourth-order valence-electron chi connectivity index (χ4n) is 3.69. The maximum atomic E-state index is 12.6. The lowest BCUT2D eigenvalue weighted by atomic mass is 9.76. The summed E-state index contributed by atoms with van der Waals surface area (Å²) >= 11 is 0. The molecule has 25 heavy (non-hydrogen) atoms. The minimum atomic E-state index is -0.527.